The quantitative estimate of drug-likeness (QED) is 0.902. The molecule has 3 heteroatoms. The summed E-state index contributed by atoms with van der Waals surface area (Å²) < 4.78 is 0. The molecule has 0 amide bonds. The molecule has 0 unspecified atom stereocenters. The third-order valence-electron chi connectivity index (χ3n) is 4.86. The van der Waals surface area contributed by atoms with Crippen molar-refractivity contribution in [3.05, 3.63) is 29.3 Å². The topological polar surface area (TPSA) is 26.7 Å². The SMILES string of the molecule is CC(C)c1ccc(N2CCN(CCO)CC2)cc1C1CC1. The highest BCUT2D eigenvalue weighted by molar-refractivity contribution is 5.53. The van der Waals surface area contributed by atoms with Crippen molar-refractivity contribution in [3.8, 4) is 0 Å². The molecule has 21 heavy (non-hydrogen) atoms. The maximum absolute atomic E-state index is 9.03. The molecule has 1 saturated heterocycles. The minimum Gasteiger partial charge on any atom is -0.395 e. The van der Waals surface area contributed by atoms with Crippen molar-refractivity contribution in [2.24, 2.45) is 0 Å². The van der Waals surface area contributed by atoms with Crippen LogP contribution in [0.3, 0.4) is 0 Å². The van der Waals surface area contributed by atoms with E-state index in [1.54, 1.807) is 11.1 Å². The van der Waals surface area contributed by atoms with Gasteiger partial charge in [-0.05, 0) is 47.9 Å². The zero-order chi connectivity index (χ0) is 14.8. The van der Waals surface area contributed by atoms with E-state index in [1.807, 2.05) is 0 Å². The predicted molar refractivity (Wildman–Crippen MR) is 88.2 cm³/mol. The van der Waals surface area contributed by atoms with Gasteiger partial charge in [-0.25, -0.2) is 0 Å². The van der Waals surface area contributed by atoms with Crippen molar-refractivity contribution in [2.75, 3.05) is 44.2 Å². The van der Waals surface area contributed by atoms with Gasteiger partial charge in [0.25, 0.3) is 0 Å². The molecule has 1 heterocycles. The number of hydrogen-bond donors (Lipinski definition) is 1. The number of anilines is 1. The van der Waals surface area contributed by atoms with Gasteiger partial charge >= 0.3 is 0 Å². The monoisotopic (exact) mass is 288 g/mol. The number of piperazine rings is 1. The molecule has 1 aliphatic carbocycles. The summed E-state index contributed by atoms with van der Waals surface area (Å²) in [4.78, 5) is 4.85. The maximum atomic E-state index is 9.03. The molecule has 0 aromatic heterocycles. The average molecular weight is 288 g/mol. The third kappa shape index (κ3) is 3.41. The van der Waals surface area contributed by atoms with Gasteiger partial charge in [0.15, 0.2) is 0 Å². The van der Waals surface area contributed by atoms with Crippen molar-refractivity contribution >= 4 is 5.69 Å². The Bertz CT molecular complexity index is 474. The van der Waals surface area contributed by atoms with Crippen LogP contribution in [-0.4, -0.2) is 49.3 Å². The Balaban J connectivity index is 1.73. The largest absolute Gasteiger partial charge is 0.395 e. The van der Waals surface area contributed by atoms with Crippen LogP contribution in [0.2, 0.25) is 0 Å². The molecular weight excluding hydrogens is 260 g/mol. The summed E-state index contributed by atoms with van der Waals surface area (Å²) >= 11 is 0. The van der Waals surface area contributed by atoms with Gasteiger partial charge in [-0.1, -0.05) is 19.9 Å². The van der Waals surface area contributed by atoms with Crippen molar-refractivity contribution in [1.29, 1.82) is 0 Å². The van der Waals surface area contributed by atoms with Gasteiger partial charge in [-0.15, -0.1) is 0 Å². The summed E-state index contributed by atoms with van der Waals surface area (Å²) in [5, 5.41) is 9.03. The molecule has 1 N–H and O–H groups in total. The van der Waals surface area contributed by atoms with Crippen molar-refractivity contribution in [3.63, 3.8) is 0 Å². The summed E-state index contributed by atoms with van der Waals surface area (Å²) in [5.41, 5.74) is 4.53. The van der Waals surface area contributed by atoms with E-state index in [1.165, 1.54) is 18.5 Å². The lowest BCUT2D eigenvalue weighted by Crippen LogP contribution is -2.47. The second-order valence-electron chi connectivity index (χ2n) is 6.79. The molecule has 2 aliphatic rings. The molecular formula is C18H28N2O. The van der Waals surface area contributed by atoms with E-state index in [4.69, 9.17) is 5.11 Å². The predicted octanol–water partition coefficient (Wildman–Crippen LogP) is 2.80. The van der Waals surface area contributed by atoms with Crippen molar-refractivity contribution in [1.82, 2.24) is 4.90 Å². The Labute approximate surface area is 128 Å². The first-order valence-corrected chi connectivity index (χ1v) is 8.41. The molecule has 0 bridgehead atoms. The summed E-state index contributed by atoms with van der Waals surface area (Å²) in [6, 6.07) is 7.12. The highest BCUT2D eigenvalue weighted by Crippen LogP contribution is 2.44. The minimum absolute atomic E-state index is 0.273. The van der Waals surface area contributed by atoms with Gasteiger partial charge in [0.1, 0.15) is 0 Å². The van der Waals surface area contributed by atoms with E-state index < -0.39 is 0 Å². The fourth-order valence-corrected chi connectivity index (χ4v) is 3.40. The Morgan fingerprint density at radius 1 is 1.14 bits per heavy atom. The molecule has 2 fully saturated rings. The molecule has 0 atom stereocenters. The first-order chi connectivity index (χ1) is 10.2. The van der Waals surface area contributed by atoms with Crippen LogP contribution in [0.5, 0.6) is 0 Å². The number of hydrogen-bond acceptors (Lipinski definition) is 3. The summed E-state index contributed by atoms with van der Waals surface area (Å²) in [6.07, 6.45) is 2.74. The van der Waals surface area contributed by atoms with Crippen LogP contribution in [0.4, 0.5) is 5.69 Å². The number of benzene rings is 1. The smallest absolute Gasteiger partial charge is 0.0558 e. The minimum atomic E-state index is 0.273. The van der Waals surface area contributed by atoms with Gasteiger partial charge in [0, 0.05) is 38.4 Å². The normalized spacial score (nSPS) is 20.3. The van der Waals surface area contributed by atoms with Gasteiger partial charge in [-0.2, -0.15) is 0 Å². The van der Waals surface area contributed by atoms with Crippen LogP contribution >= 0.6 is 0 Å². The molecule has 1 aromatic rings. The third-order valence-corrected chi connectivity index (χ3v) is 4.86. The number of rotatable bonds is 5. The lowest BCUT2D eigenvalue weighted by molar-refractivity contribution is 0.189. The van der Waals surface area contributed by atoms with Crippen LogP contribution in [0.1, 0.15) is 49.7 Å². The summed E-state index contributed by atoms with van der Waals surface area (Å²) in [5.74, 6) is 1.44. The highest BCUT2D eigenvalue weighted by atomic mass is 16.3. The van der Waals surface area contributed by atoms with E-state index in [9.17, 15) is 0 Å². The molecule has 0 spiro atoms. The van der Waals surface area contributed by atoms with Crippen molar-refractivity contribution in [2.45, 2.75) is 38.5 Å². The van der Waals surface area contributed by atoms with Crippen LogP contribution in [0.15, 0.2) is 18.2 Å². The highest BCUT2D eigenvalue weighted by Gasteiger charge is 2.28. The number of β-amino-alcohol motifs (C(OH)–C–C–N with tert-alkyl or cyclic N) is 1. The molecule has 1 aromatic carbocycles. The van der Waals surface area contributed by atoms with E-state index in [0.29, 0.717) is 5.92 Å². The molecule has 1 saturated carbocycles. The average Bonchev–Trinajstić information content (AvgIpc) is 3.32. The second kappa shape index (κ2) is 6.37. The number of aliphatic hydroxyl groups excluding tert-OH is 1. The Hall–Kier alpha value is -1.06. The van der Waals surface area contributed by atoms with Gasteiger partial charge in [0.05, 0.1) is 6.61 Å². The molecule has 3 rings (SSSR count). The first kappa shape index (κ1) is 14.9. The van der Waals surface area contributed by atoms with Crippen LogP contribution < -0.4 is 4.90 Å². The zero-order valence-corrected chi connectivity index (χ0v) is 13.4. The summed E-state index contributed by atoms with van der Waals surface area (Å²) in [6.45, 7) is 9.96. The zero-order valence-electron chi connectivity index (χ0n) is 13.4. The van der Waals surface area contributed by atoms with E-state index >= 15 is 0 Å². The van der Waals surface area contributed by atoms with E-state index in [2.05, 4.69) is 41.8 Å². The van der Waals surface area contributed by atoms with Gasteiger partial charge in [-0.3, -0.25) is 4.90 Å². The van der Waals surface area contributed by atoms with Gasteiger partial charge in [0.2, 0.25) is 0 Å². The first-order valence-electron chi connectivity index (χ1n) is 8.41. The fraction of sp³-hybridized carbons (Fsp3) is 0.667. The lowest BCUT2D eigenvalue weighted by Gasteiger charge is -2.36. The molecule has 1 aliphatic heterocycles. The second-order valence-corrected chi connectivity index (χ2v) is 6.79. The fourth-order valence-electron chi connectivity index (χ4n) is 3.40. The van der Waals surface area contributed by atoms with Gasteiger partial charge < -0.3 is 10.0 Å². The van der Waals surface area contributed by atoms with Crippen LogP contribution in [0.25, 0.3) is 0 Å². The molecule has 3 nitrogen and oxygen atoms in total. The molecule has 0 radical (unpaired) electrons. The van der Waals surface area contributed by atoms with Crippen LogP contribution in [-0.2, 0) is 0 Å². The van der Waals surface area contributed by atoms with Crippen molar-refractivity contribution < 1.29 is 5.11 Å². The Kier molecular flexibility index (Phi) is 4.51. The maximum Gasteiger partial charge on any atom is 0.0558 e. The lowest BCUT2D eigenvalue weighted by atomic mass is 9.93. The molecule has 116 valence electrons. The number of nitrogens with zero attached hydrogens (tertiary/aromatic N) is 2. The van der Waals surface area contributed by atoms with Crippen LogP contribution in [0, 0.1) is 0 Å². The Morgan fingerprint density at radius 2 is 1.86 bits per heavy atom. The summed E-state index contributed by atoms with van der Waals surface area (Å²) in [7, 11) is 0. The standard InChI is InChI=1S/C18H28N2O/c1-14(2)17-6-5-16(13-18(17)15-3-4-15)20-9-7-19(8-10-20)11-12-21/h5-6,13-15,21H,3-4,7-12H2,1-2H3. The Morgan fingerprint density at radius 3 is 2.43 bits per heavy atom. The van der Waals surface area contributed by atoms with E-state index in [-0.39, 0.29) is 6.61 Å². The van der Waals surface area contributed by atoms with E-state index in [0.717, 1.165) is 38.6 Å². The number of aliphatic hydroxyl groups is 1.